The number of ether oxygens (including phenoxy) is 1. The Labute approximate surface area is 102 Å². The first-order valence-corrected chi connectivity index (χ1v) is 6.61. The monoisotopic (exact) mass is 226 g/mol. The van der Waals surface area contributed by atoms with Crippen molar-refractivity contribution >= 4 is 0 Å². The summed E-state index contributed by atoms with van der Waals surface area (Å²) in [4.78, 5) is 0. The van der Waals surface area contributed by atoms with Gasteiger partial charge in [-0.1, -0.05) is 40.2 Å². The maximum atomic E-state index is 5.86. The minimum absolute atomic E-state index is 0.284. The van der Waals surface area contributed by atoms with Crippen LogP contribution < -0.4 is 0 Å². The lowest BCUT2D eigenvalue weighted by molar-refractivity contribution is 0.0552. The Morgan fingerprint density at radius 2 is 1.38 bits per heavy atom. The van der Waals surface area contributed by atoms with Crippen molar-refractivity contribution in [2.24, 2.45) is 17.8 Å². The number of hydrogen-bond donors (Lipinski definition) is 0. The van der Waals surface area contributed by atoms with E-state index in [0.29, 0.717) is 17.8 Å². The highest BCUT2D eigenvalue weighted by Crippen LogP contribution is 2.27. The maximum absolute atomic E-state index is 5.86. The van der Waals surface area contributed by atoms with Crippen LogP contribution in [0.2, 0.25) is 0 Å². The summed E-state index contributed by atoms with van der Waals surface area (Å²) in [5, 5.41) is 0. The number of hydrogen-bond acceptors (Lipinski definition) is 1. The molecule has 0 aromatic rings. The van der Waals surface area contributed by atoms with Gasteiger partial charge in [-0.2, -0.15) is 0 Å². The summed E-state index contributed by atoms with van der Waals surface area (Å²) >= 11 is 0. The average molecular weight is 226 g/mol. The molecule has 0 spiro atoms. The van der Waals surface area contributed by atoms with E-state index in [9.17, 15) is 0 Å². The Morgan fingerprint density at radius 1 is 0.875 bits per heavy atom. The third kappa shape index (κ3) is 4.29. The maximum Gasteiger partial charge on any atom is 0.0807 e. The second kappa shape index (κ2) is 7.11. The molecule has 16 heavy (non-hydrogen) atoms. The highest BCUT2D eigenvalue weighted by atomic mass is 16.5. The lowest BCUT2D eigenvalue weighted by Crippen LogP contribution is -2.23. The Morgan fingerprint density at radius 3 is 1.69 bits per heavy atom. The molecule has 0 saturated carbocycles. The van der Waals surface area contributed by atoms with E-state index in [-0.39, 0.29) is 6.10 Å². The van der Waals surface area contributed by atoms with Crippen molar-refractivity contribution in [2.45, 2.75) is 61.5 Å². The van der Waals surface area contributed by atoms with E-state index in [1.165, 1.54) is 11.1 Å². The predicted octanol–water partition coefficient (Wildman–Crippen LogP) is 4.68. The van der Waals surface area contributed by atoms with Crippen LogP contribution in [0.15, 0.2) is 11.1 Å². The first kappa shape index (κ1) is 15.7. The van der Waals surface area contributed by atoms with Gasteiger partial charge in [0, 0.05) is 6.61 Å². The van der Waals surface area contributed by atoms with Gasteiger partial charge < -0.3 is 4.74 Å². The van der Waals surface area contributed by atoms with Gasteiger partial charge in [0.15, 0.2) is 0 Å². The van der Waals surface area contributed by atoms with E-state index < -0.39 is 0 Å². The Kier molecular flexibility index (Phi) is 6.98. The fourth-order valence-electron chi connectivity index (χ4n) is 2.08. The van der Waals surface area contributed by atoms with Crippen LogP contribution in [0.3, 0.4) is 0 Å². The molecule has 0 bridgehead atoms. The SMILES string of the molecule is CCOC(C(C)=C(C)C(C)C(C)C)C(C)C. The second-order valence-corrected chi connectivity index (χ2v) is 5.52. The van der Waals surface area contributed by atoms with Crippen LogP contribution in [0.1, 0.15) is 55.4 Å². The van der Waals surface area contributed by atoms with Gasteiger partial charge in [-0.15, -0.1) is 0 Å². The van der Waals surface area contributed by atoms with Crippen molar-refractivity contribution in [1.29, 1.82) is 0 Å². The first-order chi connectivity index (χ1) is 7.32. The van der Waals surface area contributed by atoms with E-state index >= 15 is 0 Å². The molecule has 0 heterocycles. The summed E-state index contributed by atoms with van der Waals surface area (Å²) in [5.74, 6) is 1.89. The Balaban J connectivity index is 4.93. The zero-order valence-corrected chi connectivity index (χ0v) is 12.4. The molecule has 0 aliphatic rings. The van der Waals surface area contributed by atoms with Crippen LogP contribution in [0, 0.1) is 17.8 Å². The van der Waals surface area contributed by atoms with E-state index in [1.807, 2.05) is 0 Å². The van der Waals surface area contributed by atoms with E-state index in [4.69, 9.17) is 4.74 Å². The molecule has 96 valence electrons. The summed E-state index contributed by atoms with van der Waals surface area (Å²) in [6.07, 6.45) is 0.284. The molecule has 0 radical (unpaired) electrons. The highest BCUT2D eigenvalue weighted by molar-refractivity contribution is 5.17. The quantitative estimate of drug-likeness (QED) is 0.598. The minimum atomic E-state index is 0.284. The summed E-state index contributed by atoms with van der Waals surface area (Å²) < 4.78 is 5.86. The lowest BCUT2D eigenvalue weighted by atomic mass is 9.85. The van der Waals surface area contributed by atoms with E-state index in [2.05, 4.69) is 55.4 Å². The van der Waals surface area contributed by atoms with Gasteiger partial charge in [0.2, 0.25) is 0 Å². The molecule has 0 saturated heterocycles. The normalized spacial score (nSPS) is 17.6. The second-order valence-electron chi connectivity index (χ2n) is 5.52. The number of rotatable bonds is 6. The molecule has 0 aliphatic carbocycles. The van der Waals surface area contributed by atoms with Gasteiger partial charge in [0.05, 0.1) is 6.10 Å². The van der Waals surface area contributed by atoms with Crippen molar-refractivity contribution in [1.82, 2.24) is 0 Å². The molecule has 0 rings (SSSR count). The smallest absolute Gasteiger partial charge is 0.0807 e. The van der Waals surface area contributed by atoms with Gasteiger partial charge in [-0.3, -0.25) is 0 Å². The summed E-state index contributed by atoms with van der Waals surface area (Å²) in [7, 11) is 0. The van der Waals surface area contributed by atoms with Gasteiger partial charge in [0.1, 0.15) is 0 Å². The third-order valence-corrected chi connectivity index (χ3v) is 3.68. The largest absolute Gasteiger partial charge is 0.374 e. The molecule has 0 fully saturated rings. The fraction of sp³-hybridized carbons (Fsp3) is 0.867. The fourth-order valence-corrected chi connectivity index (χ4v) is 2.08. The standard InChI is InChI=1S/C15H30O/c1-9-16-15(11(4)5)14(8)13(7)12(6)10(2)3/h10-12,15H,9H2,1-8H3. The molecule has 0 aromatic carbocycles. The average Bonchev–Trinajstić information content (AvgIpc) is 2.22. The van der Waals surface area contributed by atoms with Crippen molar-refractivity contribution in [2.75, 3.05) is 6.61 Å². The molecule has 2 atom stereocenters. The molecular formula is C15H30O. The summed E-state index contributed by atoms with van der Waals surface area (Å²) in [6, 6.07) is 0. The van der Waals surface area contributed by atoms with Gasteiger partial charge in [-0.25, -0.2) is 0 Å². The third-order valence-electron chi connectivity index (χ3n) is 3.68. The van der Waals surface area contributed by atoms with Crippen LogP contribution in [0.25, 0.3) is 0 Å². The summed E-state index contributed by atoms with van der Waals surface area (Å²) in [5.41, 5.74) is 2.93. The molecule has 0 amide bonds. The van der Waals surface area contributed by atoms with Crippen LogP contribution in [-0.4, -0.2) is 12.7 Å². The van der Waals surface area contributed by atoms with E-state index in [1.54, 1.807) is 0 Å². The van der Waals surface area contributed by atoms with Crippen LogP contribution in [-0.2, 0) is 4.74 Å². The van der Waals surface area contributed by atoms with E-state index in [0.717, 1.165) is 6.61 Å². The number of allylic oxidation sites excluding steroid dienone is 1. The zero-order valence-electron chi connectivity index (χ0n) is 12.4. The molecule has 1 nitrogen and oxygen atoms in total. The van der Waals surface area contributed by atoms with Gasteiger partial charge >= 0.3 is 0 Å². The minimum Gasteiger partial charge on any atom is -0.374 e. The van der Waals surface area contributed by atoms with Gasteiger partial charge in [-0.05, 0) is 44.1 Å². The van der Waals surface area contributed by atoms with Crippen LogP contribution in [0.5, 0.6) is 0 Å². The zero-order chi connectivity index (χ0) is 12.9. The Bertz CT molecular complexity index is 226. The first-order valence-electron chi connectivity index (χ1n) is 6.61. The molecule has 0 aliphatic heterocycles. The summed E-state index contributed by atoms with van der Waals surface area (Å²) in [6.45, 7) is 18.7. The molecular weight excluding hydrogens is 196 g/mol. The molecule has 1 heteroatoms. The predicted molar refractivity (Wildman–Crippen MR) is 72.6 cm³/mol. The van der Waals surface area contributed by atoms with Crippen molar-refractivity contribution in [3.8, 4) is 0 Å². The Hall–Kier alpha value is -0.300. The molecule has 0 N–H and O–H groups in total. The molecule has 0 aromatic heterocycles. The van der Waals surface area contributed by atoms with Crippen LogP contribution in [0.4, 0.5) is 0 Å². The highest BCUT2D eigenvalue weighted by Gasteiger charge is 2.20. The van der Waals surface area contributed by atoms with Crippen molar-refractivity contribution < 1.29 is 4.74 Å². The lowest BCUT2D eigenvalue weighted by Gasteiger charge is -2.27. The van der Waals surface area contributed by atoms with Crippen LogP contribution >= 0.6 is 0 Å². The van der Waals surface area contributed by atoms with Crippen molar-refractivity contribution in [3.63, 3.8) is 0 Å². The van der Waals surface area contributed by atoms with Crippen molar-refractivity contribution in [3.05, 3.63) is 11.1 Å². The molecule has 2 unspecified atom stereocenters. The van der Waals surface area contributed by atoms with Gasteiger partial charge in [0.25, 0.3) is 0 Å². The topological polar surface area (TPSA) is 9.23 Å².